The Balaban J connectivity index is 1.91. The zero-order valence-electron chi connectivity index (χ0n) is 10.6. The smallest absolute Gasteiger partial charge is 0.0608 e. The van der Waals surface area contributed by atoms with Crippen LogP contribution in [0.25, 0.3) is 0 Å². The Kier molecular flexibility index (Phi) is 4.40. The third-order valence-corrected chi connectivity index (χ3v) is 3.38. The van der Waals surface area contributed by atoms with Crippen LogP contribution in [-0.2, 0) is 11.3 Å². The molecule has 94 valence electrons. The van der Waals surface area contributed by atoms with Gasteiger partial charge in [-0.3, -0.25) is 0 Å². The number of ether oxygens (including phenoxy) is 1. The summed E-state index contributed by atoms with van der Waals surface area (Å²) in [6.45, 7) is 5.69. The molecule has 0 atom stereocenters. The van der Waals surface area contributed by atoms with Crippen molar-refractivity contribution in [2.24, 2.45) is 5.73 Å². The summed E-state index contributed by atoms with van der Waals surface area (Å²) in [7, 11) is 0. The van der Waals surface area contributed by atoms with Crippen molar-refractivity contribution in [2.45, 2.75) is 32.4 Å². The summed E-state index contributed by atoms with van der Waals surface area (Å²) in [5.41, 5.74) is 8.10. The minimum absolute atomic E-state index is 0.458. The zero-order chi connectivity index (χ0) is 12.1. The first kappa shape index (κ1) is 12.4. The fraction of sp³-hybridized carbons (Fsp3) is 0.571. The molecule has 1 heterocycles. The number of piperidine rings is 1. The SMILES string of the molecule is CCOC1CCN(c2ccc(CN)cc2)CC1. The van der Waals surface area contributed by atoms with Gasteiger partial charge >= 0.3 is 0 Å². The average molecular weight is 234 g/mol. The second-order valence-corrected chi connectivity index (χ2v) is 4.51. The van der Waals surface area contributed by atoms with E-state index in [-0.39, 0.29) is 0 Å². The summed E-state index contributed by atoms with van der Waals surface area (Å²) in [6, 6.07) is 8.57. The second kappa shape index (κ2) is 6.03. The van der Waals surface area contributed by atoms with Crippen molar-refractivity contribution in [2.75, 3.05) is 24.6 Å². The number of hydrogen-bond donors (Lipinski definition) is 1. The Morgan fingerprint density at radius 2 is 1.88 bits per heavy atom. The van der Waals surface area contributed by atoms with Crippen LogP contribution in [0, 0.1) is 0 Å². The molecule has 2 N–H and O–H groups in total. The lowest BCUT2D eigenvalue weighted by atomic mass is 10.1. The summed E-state index contributed by atoms with van der Waals surface area (Å²) in [6.07, 6.45) is 2.72. The maximum atomic E-state index is 5.66. The molecule has 0 radical (unpaired) electrons. The molecule has 0 aromatic heterocycles. The molecule has 1 aliphatic rings. The first-order valence-electron chi connectivity index (χ1n) is 6.49. The maximum absolute atomic E-state index is 5.66. The van der Waals surface area contributed by atoms with E-state index >= 15 is 0 Å². The predicted octanol–water partition coefficient (Wildman–Crippen LogP) is 2.15. The van der Waals surface area contributed by atoms with E-state index in [4.69, 9.17) is 10.5 Å². The molecule has 0 amide bonds. The lowest BCUT2D eigenvalue weighted by molar-refractivity contribution is 0.0459. The molecule has 0 saturated carbocycles. The molecule has 1 aliphatic heterocycles. The van der Waals surface area contributed by atoms with Crippen LogP contribution in [0.3, 0.4) is 0 Å². The molecular weight excluding hydrogens is 212 g/mol. The van der Waals surface area contributed by atoms with Crippen molar-refractivity contribution in [1.82, 2.24) is 0 Å². The molecule has 1 aromatic rings. The number of rotatable bonds is 4. The zero-order valence-corrected chi connectivity index (χ0v) is 10.6. The van der Waals surface area contributed by atoms with Gasteiger partial charge in [0.05, 0.1) is 6.10 Å². The van der Waals surface area contributed by atoms with E-state index in [1.807, 2.05) is 0 Å². The molecule has 1 fully saturated rings. The highest BCUT2D eigenvalue weighted by molar-refractivity contribution is 5.47. The molecule has 1 saturated heterocycles. The number of benzene rings is 1. The lowest BCUT2D eigenvalue weighted by Crippen LogP contribution is -2.37. The van der Waals surface area contributed by atoms with Crippen LogP contribution in [0.4, 0.5) is 5.69 Å². The Morgan fingerprint density at radius 1 is 1.24 bits per heavy atom. The van der Waals surface area contributed by atoms with Gasteiger partial charge in [0.25, 0.3) is 0 Å². The highest BCUT2D eigenvalue weighted by Gasteiger charge is 2.19. The highest BCUT2D eigenvalue weighted by Crippen LogP contribution is 2.21. The standard InChI is InChI=1S/C14H22N2O/c1-2-17-14-7-9-16(10-8-14)13-5-3-12(11-15)4-6-13/h3-6,14H,2,7-11,15H2,1H3. The van der Waals surface area contributed by atoms with Crippen molar-refractivity contribution in [1.29, 1.82) is 0 Å². The van der Waals surface area contributed by atoms with E-state index in [0.29, 0.717) is 12.6 Å². The summed E-state index contributed by atoms with van der Waals surface area (Å²) >= 11 is 0. The number of anilines is 1. The average Bonchev–Trinajstić information content (AvgIpc) is 2.40. The van der Waals surface area contributed by atoms with Gasteiger partial charge in [-0.15, -0.1) is 0 Å². The third kappa shape index (κ3) is 3.20. The largest absolute Gasteiger partial charge is 0.378 e. The van der Waals surface area contributed by atoms with E-state index in [1.165, 1.54) is 11.3 Å². The molecule has 0 aliphatic carbocycles. The van der Waals surface area contributed by atoms with Gasteiger partial charge in [0, 0.05) is 31.9 Å². The van der Waals surface area contributed by atoms with Crippen LogP contribution in [0.2, 0.25) is 0 Å². The second-order valence-electron chi connectivity index (χ2n) is 4.51. The van der Waals surface area contributed by atoms with Crippen LogP contribution in [-0.4, -0.2) is 25.8 Å². The van der Waals surface area contributed by atoms with Crippen LogP contribution in [0.15, 0.2) is 24.3 Å². The Bertz CT molecular complexity index is 329. The fourth-order valence-electron chi connectivity index (χ4n) is 2.36. The van der Waals surface area contributed by atoms with Gasteiger partial charge in [-0.05, 0) is 37.5 Å². The van der Waals surface area contributed by atoms with E-state index < -0.39 is 0 Å². The van der Waals surface area contributed by atoms with Crippen molar-refractivity contribution >= 4 is 5.69 Å². The lowest BCUT2D eigenvalue weighted by Gasteiger charge is -2.33. The van der Waals surface area contributed by atoms with E-state index in [0.717, 1.165) is 32.5 Å². The van der Waals surface area contributed by atoms with Crippen molar-refractivity contribution in [3.05, 3.63) is 29.8 Å². The van der Waals surface area contributed by atoms with Crippen LogP contribution < -0.4 is 10.6 Å². The molecule has 17 heavy (non-hydrogen) atoms. The minimum Gasteiger partial charge on any atom is -0.378 e. The van der Waals surface area contributed by atoms with Crippen molar-refractivity contribution in [3.63, 3.8) is 0 Å². The molecule has 2 rings (SSSR count). The topological polar surface area (TPSA) is 38.5 Å². The summed E-state index contributed by atoms with van der Waals surface area (Å²) in [4.78, 5) is 2.43. The van der Waals surface area contributed by atoms with Crippen LogP contribution in [0.1, 0.15) is 25.3 Å². The molecule has 1 aromatic carbocycles. The van der Waals surface area contributed by atoms with Gasteiger partial charge in [-0.1, -0.05) is 12.1 Å². The van der Waals surface area contributed by atoms with Gasteiger partial charge in [-0.25, -0.2) is 0 Å². The fourth-order valence-corrected chi connectivity index (χ4v) is 2.36. The highest BCUT2D eigenvalue weighted by atomic mass is 16.5. The monoisotopic (exact) mass is 234 g/mol. The Morgan fingerprint density at radius 3 is 2.41 bits per heavy atom. The third-order valence-electron chi connectivity index (χ3n) is 3.38. The molecule has 3 heteroatoms. The molecule has 3 nitrogen and oxygen atoms in total. The predicted molar refractivity (Wildman–Crippen MR) is 71.2 cm³/mol. The number of nitrogens with zero attached hydrogens (tertiary/aromatic N) is 1. The maximum Gasteiger partial charge on any atom is 0.0608 e. The first-order chi connectivity index (χ1) is 8.33. The minimum atomic E-state index is 0.458. The van der Waals surface area contributed by atoms with Gasteiger partial charge < -0.3 is 15.4 Å². The summed E-state index contributed by atoms with van der Waals surface area (Å²) < 4.78 is 5.66. The van der Waals surface area contributed by atoms with Crippen molar-refractivity contribution in [3.8, 4) is 0 Å². The van der Waals surface area contributed by atoms with Gasteiger partial charge in [-0.2, -0.15) is 0 Å². The van der Waals surface area contributed by atoms with Crippen LogP contribution >= 0.6 is 0 Å². The molecular formula is C14H22N2O. The Labute approximate surface area is 104 Å². The quantitative estimate of drug-likeness (QED) is 0.867. The molecule has 0 bridgehead atoms. The van der Waals surface area contributed by atoms with Gasteiger partial charge in [0.2, 0.25) is 0 Å². The molecule has 0 spiro atoms. The van der Waals surface area contributed by atoms with Crippen molar-refractivity contribution < 1.29 is 4.74 Å². The van der Waals surface area contributed by atoms with Gasteiger partial charge in [0.1, 0.15) is 0 Å². The molecule has 0 unspecified atom stereocenters. The van der Waals surface area contributed by atoms with E-state index in [1.54, 1.807) is 0 Å². The van der Waals surface area contributed by atoms with Gasteiger partial charge in [0.15, 0.2) is 0 Å². The first-order valence-corrected chi connectivity index (χ1v) is 6.49. The van der Waals surface area contributed by atoms with E-state index in [9.17, 15) is 0 Å². The van der Waals surface area contributed by atoms with E-state index in [2.05, 4.69) is 36.1 Å². The summed E-state index contributed by atoms with van der Waals surface area (Å²) in [5.74, 6) is 0. The van der Waals surface area contributed by atoms with Crippen LogP contribution in [0.5, 0.6) is 0 Å². The summed E-state index contributed by atoms with van der Waals surface area (Å²) in [5, 5.41) is 0. The normalized spacial score (nSPS) is 17.4. The number of hydrogen-bond acceptors (Lipinski definition) is 3. The Hall–Kier alpha value is -1.06. The number of nitrogens with two attached hydrogens (primary N) is 1.